The van der Waals surface area contributed by atoms with E-state index in [-0.39, 0.29) is 12.5 Å². The van der Waals surface area contributed by atoms with Gasteiger partial charge in [-0.1, -0.05) is 6.07 Å². The van der Waals surface area contributed by atoms with Gasteiger partial charge in [-0.05, 0) is 48.4 Å². The van der Waals surface area contributed by atoms with Gasteiger partial charge in [0, 0.05) is 19.2 Å². The summed E-state index contributed by atoms with van der Waals surface area (Å²) in [7, 11) is 0.323. The van der Waals surface area contributed by atoms with Crippen LogP contribution < -0.4 is 19.1 Å². The molecule has 2 aromatic rings. The van der Waals surface area contributed by atoms with Crippen molar-refractivity contribution in [1.29, 1.82) is 0 Å². The lowest BCUT2D eigenvalue weighted by Crippen LogP contribution is -2.24. The number of nitrogens with zero attached hydrogens (tertiary/aromatic N) is 1. The maximum absolute atomic E-state index is 11.7. The number of amides is 1. The minimum Gasteiger partial charge on any atom is -0.493 e. The van der Waals surface area contributed by atoms with Crippen LogP contribution in [-0.2, 0) is 22.1 Å². The summed E-state index contributed by atoms with van der Waals surface area (Å²) in [5.74, 6) is 1.04. The molecule has 0 aromatic heterocycles. The predicted molar refractivity (Wildman–Crippen MR) is 102 cm³/mol. The highest BCUT2D eigenvalue weighted by Crippen LogP contribution is 2.28. The van der Waals surface area contributed by atoms with Crippen LogP contribution in [0.4, 0.5) is 11.4 Å². The molecule has 1 N–H and O–H groups in total. The van der Waals surface area contributed by atoms with Gasteiger partial charge in [-0.15, -0.1) is 0 Å². The van der Waals surface area contributed by atoms with E-state index < -0.39 is 10.9 Å². The molecule has 0 saturated carbocycles. The maximum atomic E-state index is 11.7. The van der Waals surface area contributed by atoms with Gasteiger partial charge in [0.05, 0.1) is 19.9 Å². The standard InChI is InChI=1S/C18H22N2O5S/c1-13(21)19-15-5-7-16(8-6-15)20(26(22)23)11-10-14-4-9-17(24-2)18(12-14)25-3/h4-9,12,26H,10-11H2,1-3H3,(H,19,21). The monoisotopic (exact) mass is 378 g/mol. The van der Waals surface area contributed by atoms with Crippen molar-refractivity contribution in [1.82, 2.24) is 0 Å². The molecule has 0 heterocycles. The smallest absolute Gasteiger partial charge is 0.225 e. The van der Waals surface area contributed by atoms with Crippen molar-refractivity contribution in [3.63, 3.8) is 0 Å². The highest BCUT2D eigenvalue weighted by Gasteiger charge is 2.11. The Hall–Kier alpha value is -2.74. The molecule has 1 amide bonds. The summed E-state index contributed by atoms with van der Waals surface area (Å²) in [6, 6.07) is 12.1. The highest BCUT2D eigenvalue weighted by molar-refractivity contribution is 7.74. The molecule has 2 rings (SSSR count). The Kier molecular flexibility index (Phi) is 6.85. The van der Waals surface area contributed by atoms with Crippen molar-refractivity contribution >= 4 is 28.2 Å². The largest absolute Gasteiger partial charge is 0.493 e. The van der Waals surface area contributed by atoms with E-state index in [1.165, 1.54) is 11.2 Å². The van der Waals surface area contributed by atoms with Crippen LogP contribution in [0.1, 0.15) is 12.5 Å². The van der Waals surface area contributed by atoms with E-state index in [9.17, 15) is 13.2 Å². The van der Waals surface area contributed by atoms with Crippen molar-refractivity contribution in [3.05, 3.63) is 48.0 Å². The minimum absolute atomic E-state index is 0.182. The molecule has 0 aliphatic rings. The molecule has 8 heteroatoms. The molecular weight excluding hydrogens is 356 g/mol. The van der Waals surface area contributed by atoms with Gasteiger partial charge >= 0.3 is 0 Å². The first-order chi connectivity index (χ1) is 12.4. The molecule has 0 spiro atoms. The molecule has 0 fully saturated rings. The summed E-state index contributed by atoms with van der Waals surface area (Å²) < 4.78 is 35.1. The Morgan fingerprint density at radius 1 is 1.04 bits per heavy atom. The van der Waals surface area contributed by atoms with Crippen molar-refractivity contribution < 1.29 is 22.7 Å². The Morgan fingerprint density at radius 3 is 2.23 bits per heavy atom. The zero-order chi connectivity index (χ0) is 19.1. The van der Waals surface area contributed by atoms with Crippen LogP contribution in [0.5, 0.6) is 11.5 Å². The number of hydrogen-bond acceptors (Lipinski definition) is 5. The van der Waals surface area contributed by atoms with E-state index in [4.69, 9.17) is 9.47 Å². The van der Waals surface area contributed by atoms with Gasteiger partial charge in [0.15, 0.2) is 11.5 Å². The zero-order valence-electron chi connectivity index (χ0n) is 14.9. The number of methoxy groups -OCH3 is 2. The molecule has 0 aliphatic carbocycles. The Balaban J connectivity index is 2.12. The molecule has 0 aliphatic heterocycles. The van der Waals surface area contributed by atoms with Gasteiger partial charge in [0.2, 0.25) is 16.8 Å². The van der Waals surface area contributed by atoms with E-state index in [0.29, 0.717) is 29.3 Å². The average molecular weight is 378 g/mol. The lowest BCUT2D eigenvalue weighted by Gasteiger charge is -2.18. The van der Waals surface area contributed by atoms with Gasteiger partial charge in [-0.3, -0.25) is 9.10 Å². The van der Waals surface area contributed by atoms with Crippen LogP contribution in [0.3, 0.4) is 0 Å². The summed E-state index contributed by atoms with van der Waals surface area (Å²) in [6.07, 6.45) is 0.511. The average Bonchev–Trinajstić information content (AvgIpc) is 2.62. The second-order valence-electron chi connectivity index (χ2n) is 5.53. The predicted octanol–water partition coefficient (Wildman–Crippen LogP) is 2.24. The summed E-state index contributed by atoms with van der Waals surface area (Å²) in [5, 5.41) is 2.65. The van der Waals surface area contributed by atoms with E-state index in [1.54, 1.807) is 44.6 Å². The van der Waals surface area contributed by atoms with Crippen molar-refractivity contribution in [2.75, 3.05) is 30.4 Å². The molecule has 140 valence electrons. The first kappa shape index (κ1) is 19.6. The van der Waals surface area contributed by atoms with E-state index in [0.717, 1.165) is 5.56 Å². The van der Waals surface area contributed by atoms with Crippen LogP contribution in [-0.4, -0.2) is 35.1 Å². The Labute approximate surface area is 154 Å². The number of thiol groups is 1. The van der Waals surface area contributed by atoms with E-state index in [1.807, 2.05) is 12.1 Å². The fourth-order valence-electron chi connectivity index (χ4n) is 2.50. The lowest BCUT2D eigenvalue weighted by atomic mass is 10.1. The number of carbonyl (C=O) groups excluding carboxylic acids is 1. The first-order valence-corrected chi connectivity index (χ1v) is 9.08. The zero-order valence-corrected chi connectivity index (χ0v) is 15.8. The molecule has 0 unspecified atom stereocenters. The lowest BCUT2D eigenvalue weighted by molar-refractivity contribution is -0.114. The number of nitrogens with one attached hydrogen (secondary N) is 1. The van der Waals surface area contributed by atoms with Crippen LogP contribution >= 0.6 is 0 Å². The molecule has 7 nitrogen and oxygen atoms in total. The third-order valence-corrected chi connectivity index (χ3v) is 4.57. The van der Waals surface area contributed by atoms with Crippen LogP contribution in [0, 0.1) is 0 Å². The van der Waals surface area contributed by atoms with E-state index in [2.05, 4.69) is 5.32 Å². The molecule has 0 saturated heterocycles. The van der Waals surface area contributed by atoms with Gasteiger partial charge < -0.3 is 14.8 Å². The van der Waals surface area contributed by atoms with Gasteiger partial charge in [0.25, 0.3) is 0 Å². The van der Waals surface area contributed by atoms with Crippen molar-refractivity contribution in [2.24, 2.45) is 0 Å². The number of carbonyl (C=O) groups is 1. The Morgan fingerprint density at radius 2 is 1.69 bits per heavy atom. The van der Waals surface area contributed by atoms with Gasteiger partial charge in [-0.25, -0.2) is 8.42 Å². The third kappa shape index (κ3) is 5.13. The third-order valence-electron chi connectivity index (χ3n) is 3.74. The maximum Gasteiger partial charge on any atom is 0.225 e. The SMILES string of the molecule is COc1ccc(CCN(c2ccc(NC(C)=O)cc2)[SH](=O)=O)cc1OC. The summed E-state index contributed by atoms with van der Waals surface area (Å²) >= 11 is 0. The molecule has 0 atom stereocenters. The number of ether oxygens (including phenoxy) is 2. The first-order valence-electron chi connectivity index (χ1n) is 7.95. The van der Waals surface area contributed by atoms with Crippen molar-refractivity contribution in [2.45, 2.75) is 13.3 Å². The molecule has 26 heavy (non-hydrogen) atoms. The number of benzene rings is 2. The summed E-state index contributed by atoms with van der Waals surface area (Å²) in [5.41, 5.74) is 2.08. The quantitative estimate of drug-likeness (QED) is 0.688. The molecule has 0 bridgehead atoms. The molecule has 0 radical (unpaired) electrons. The highest BCUT2D eigenvalue weighted by atomic mass is 32.2. The van der Waals surface area contributed by atoms with Crippen LogP contribution in [0.15, 0.2) is 42.5 Å². The number of hydrogen-bond donors (Lipinski definition) is 2. The van der Waals surface area contributed by atoms with Crippen LogP contribution in [0.2, 0.25) is 0 Å². The fourth-order valence-corrected chi connectivity index (χ4v) is 3.08. The fraction of sp³-hybridized carbons (Fsp3) is 0.278. The van der Waals surface area contributed by atoms with Crippen molar-refractivity contribution in [3.8, 4) is 11.5 Å². The van der Waals surface area contributed by atoms with Gasteiger partial charge in [-0.2, -0.15) is 0 Å². The second kappa shape index (κ2) is 9.10. The Bertz CT molecular complexity index is 826. The minimum atomic E-state index is -2.79. The normalized spacial score (nSPS) is 10.5. The van der Waals surface area contributed by atoms with E-state index >= 15 is 0 Å². The topological polar surface area (TPSA) is 84.9 Å². The second-order valence-corrected chi connectivity index (χ2v) is 6.49. The summed E-state index contributed by atoms with van der Waals surface area (Å²) in [6.45, 7) is 1.70. The molecular formula is C18H22N2O5S. The van der Waals surface area contributed by atoms with Gasteiger partial charge in [0.1, 0.15) is 0 Å². The molecule has 2 aromatic carbocycles. The number of anilines is 2. The summed E-state index contributed by atoms with van der Waals surface area (Å²) in [4.78, 5) is 11.1. The van der Waals surface area contributed by atoms with Crippen LogP contribution in [0.25, 0.3) is 0 Å². The number of rotatable bonds is 8.